The van der Waals surface area contributed by atoms with Crippen LogP contribution in [0.4, 0.5) is 10.1 Å². The Morgan fingerprint density at radius 2 is 1.95 bits per heavy atom. The van der Waals surface area contributed by atoms with Crippen molar-refractivity contribution in [2.75, 3.05) is 0 Å². The molecule has 0 atom stereocenters. The Morgan fingerprint density at radius 1 is 1.25 bits per heavy atom. The Balaban J connectivity index is 2.02. The van der Waals surface area contributed by atoms with E-state index < -0.39 is 0 Å². The van der Waals surface area contributed by atoms with Gasteiger partial charge in [-0.05, 0) is 29.7 Å². The van der Waals surface area contributed by atoms with Gasteiger partial charge in [0.25, 0.3) is 4.87 Å². The fourth-order valence-corrected chi connectivity index (χ4v) is 3.21. The number of benzene rings is 1. The Kier molecular flexibility index (Phi) is 3.09. The lowest BCUT2D eigenvalue weighted by Gasteiger charge is -2.26. The first-order valence-electron chi connectivity index (χ1n) is 6.39. The Labute approximate surface area is 119 Å². The van der Waals surface area contributed by atoms with E-state index >= 15 is 0 Å². The van der Waals surface area contributed by atoms with Gasteiger partial charge in [-0.15, -0.1) is 0 Å². The molecule has 0 aliphatic heterocycles. The summed E-state index contributed by atoms with van der Waals surface area (Å²) in [5.41, 5.74) is 0.544. The average Bonchev–Trinajstić information content (AvgIpc) is 2.73. The number of nitrogens with zero attached hydrogens (tertiary/aromatic N) is 1. The van der Waals surface area contributed by atoms with E-state index in [2.05, 4.69) is 18.8 Å². The summed E-state index contributed by atoms with van der Waals surface area (Å²) in [4.78, 5) is 17.5. The molecule has 1 aromatic heterocycles. The molecular weight excluding hydrogens is 277 g/mol. The number of hydrogen-bond acceptors (Lipinski definition) is 4. The molecule has 0 N–H and O–H groups in total. The molecule has 104 valence electrons. The fourth-order valence-electron chi connectivity index (χ4n) is 2.32. The molecule has 3 nitrogen and oxygen atoms in total. The molecule has 1 aliphatic carbocycles. The number of hydrogen-bond donors (Lipinski definition) is 0. The molecule has 0 bridgehead atoms. The summed E-state index contributed by atoms with van der Waals surface area (Å²) in [6.07, 6.45) is 1.27. The van der Waals surface area contributed by atoms with Crippen molar-refractivity contribution < 1.29 is 13.6 Å². The second kappa shape index (κ2) is 4.66. The quantitative estimate of drug-likeness (QED) is 0.800. The van der Waals surface area contributed by atoms with Crippen LogP contribution < -0.4 is 4.87 Å². The second-order valence-electron chi connectivity index (χ2n) is 5.75. The number of fused-ring (bicyclic) bond motifs is 1. The minimum atomic E-state index is -0.303. The number of carbonyl (C=O) groups is 1. The van der Waals surface area contributed by atoms with Gasteiger partial charge in [-0.3, -0.25) is 4.79 Å². The lowest BCUT2D eigenvalue weighted by atomic mass is 9.78. The highest BCUT2D eigenvalue weighted by Gasteiger charge is 2.34. The van der Waals surface area contributed by atoms with E-state index in [1.807, 2.05) is 0 Å². The van der Waals surface area contributed by atoms with Crippen LogP contribution in [-0.4, -0.2) is 5.78 Å². The second-order valence-corrected chi connectivity index (χ2v) is 6.71. The Morgan fingerprint density at radius 3 is 2.65 bits per heavy atom. The first kappa shape index (κ1) is 13.2. The van der Waals surface area contributed by atoms with Gasteiger partial charge in [-0.25, -0.2) is 9.38 Å². The maximum atomic E-state index is 12.8. The van der Waals surface area contributed by atoms with Crippen molar-refractivity contribution in [1.29, 1.82) is 0 Å². The third-order valence-corrected chi connectivity index (χ3v) is 4.24. The van der Waals surface area contributed by atoms with Crippen LogP contribution in [-0.2, 0) is 6.42 Å². The summed E-state index contributed by atoms with van der Waals surface area (Å²) >= 11 is 1.27. The van der Waals surface area contributed by atoms with Crippen LogP contribution in [0.3, 0.4) is 0 Å². The molecule has 0 radical (unpaired) electrons. The number of rotatable bonds is 1. The molecule has 3 rings (SSSR count). The van der Waals surface area contributed by atoms with E-state index in [1.54, 1.807) is 12.1 Å². The number of halogens is 1. The van der Waals surface area contributed by atoms with Crippen LogP contribution in [0.5, 0.6) is 0 Å². The van der Waals surface area contributed by atoms with Gasteiger partial charge in [0, 0.05) is 12.8 Å². The molecule has 0 unspecified atom stereocenters. The van der Waals surface area contributed by atoms with E-state index in [9.17, 15) is 9.18 Å². The molecule has 0 fully saturated rings. The minimum absolute atomic E-state index is 0.0677. The van der Waals surface area contributed by atoms with E-state index in [-0.39, 0.29) is 17.0 Å². The first-order valence-corrected chi connectivity index (χ1v) is 7.21. The van der Waals surface area contributed by atoms with Gasteiger partial charge in [-0.2, -0.15) is 0 Å². The van der Waals surface area contributed by atoms with Crippen molar-refractivity contribution in [1.82, 2.24) is 0 Å². The van der Waals surface area contributed by atoms with Crippen LogP contribution in [0.2, 0.25) is 0 Å². The van der Waals surface area contributed by atoms with Crippen molar-refractivity contribution in [2.24, 2.45) is 10.4 Å². The summed E-state index contributed by atoms with van der Waals surface area (Å²) in [7, 11) is 0. The third kappa shape index (κ3) is 2.58. The van der Waals surface area contributed by atoms with Gasteiger partial charge in [0.15, 0.2) is 5.78 Å². The summed E-state index contributed by atoms with van der Waals surface area (Å²) in [5.74, 6) is 0.533. The van der Waals surface area contributed by atoms with Crippen molar-refractivity contribution in [3.8, 4) is 0 Å². The number of Topliss-reactive ketones (excluding diaryl/α,β-unsaturated/α-hetero) is 1. The molecule has 1 aromatic carbocycles. The predicted octanol–water partition coefficient (Wildman–Crippen LogP) is 3.87. The highest BCUT2D eigenvalue weighted by Crippen LogP contribution is 2.35. The van der Waals surface area contributed by atoms with Gasteiger partial charge < -0.3 is 4.42 Å². The van der Waals surface area contributed by atoms with Crippen LogP contribution in [0.15, 0.2) is 33.7 Å². The van der Waals surface area contributed by atoms with E-state index in [1.165, 1.54) is 23.5 Å². The zero-order valence-corrected chi connectivity index (χ0v) is 12.1. The summed E-state index contributed by atoms with van der Waals surface area (Å²) < 4.78 is 18.5. The Bertz CT molecular complexity index is 725. The maximum Gasteiger partial charge on any atom is 0.279 e. The molecule has 0 saturated carbocycles. The monoisotopic (exact) mass is 291 g/mol. The fraction of sp³-hybridized carbons (Fsp3) is 0.333. The lowest BCUT2D eigenvalue weighted by molar-refractivity contribution is 0.0906. The molecule has 1 aliphatic rings. The zero-order chi connectivity index (χ0) is 14.3. The largest absolute Gasteiger partial charge is 0.434 e. The normalized spacial score (nSPS) is 18.1. The summed E-state index contributed by atoms with van der Waals surface area (Å²) in [6.45, 7) is 4.11. The molecule has 5 heteroatoms. The van der Waals surface area contributed by atoms with E-state index in [0.29, 0.717) is 21.9 Å². The van der Waals surface area contributed by atoms with Gasteiger partial charge >= 0.3 is 0 Å². The molecule has 0 spiro atoms. The molecule has 0 saturated heterocycles. The lowest BCUT2D eigenvalue weighted by Crippen LogP contribution is -2.25. The molecule has 20 heavy (non-hydrogen) atoms. The maximum absolute atomic E-state index is 12.8. The third-order valence-electron chi connectivity index (χ3n) is 3.23. The topological polar surface area (TPSA) is 42.6 Å². The van der Waals surface area contributed by atoms with Crippen LogP contribution >= 0.6 is 11.3 Å². The Hall–Kier alpha value is -1.75. The van der Waals surface area contributed by atoms with Crippen molar-refractivity contribution >= 4 is 22.8 Å². The van der Waals surface area contributed by atoms with Crippen molar-refractivity contribution in [3.63, 3.8) is 0 Å². The van der Waals surface area contributed by atoms with Gasteiger partial charge in [-0.1, -0.05) is 25.2 Å². The molecule has 2 aromatic rings. The predicted molar refractivity (Wildman–Crippen MR) is 74.6 cm³/mol. The smallest absolute Gasteiger partial charge is 0.279 e. The molecule has 0 amide bonds. The zero-order valence-electron chi connectivity index (χ0n) is 11.3. The highest BCUT2D eigenvalue weighted by molar-refractivity contribution is 7.11. The van der Waals surface area contributed by atoms with E-state index in [4.69, 9.17) is 4.42 Å². The average molecular weight is 291 g/mol. The van der Waals surface area contributed by atoms with Crippen LogP contribution in [0.25, 0.3) is 0 Å². The highest BCUT2D eigenvalue weighted by atomic mass is 32.1. The van der Waals surface area contributed by atoms with Crippen molar-refractivity contribution in [2.45, 2.75) is 26.7 Å². The SMILES string of the molecule is CC1(C)CC(=O)c2sc(=Nc3ccc(F)cc3)oc2C1. The van der Waals surface area contributed by atoms with E-state index in [0.717, 1.165) is 12.2 Å². The van der Waals surface area contributed by atoms with Gasteiger partial charge in [0.05, 0.1) is 5.69 Å². The van der Waals surface area contributed by atoms with Crippen LogP contribution in [0, 0.1) is 11.2 Å². The number of carbonyl (C=O) groups excluding carboxylic acids is 1. The van der Waals surface area contributed by atoms with Gasteiger partial charge in [0.1, 0.15) is 16.5 Å². The van der Waals surface area contributed by atoms with Gasteiger partial charge in [0.2, 0.25) is 0 Å². The first-order chi connectivity index (χ1) is 9.43. The van der Waals surface area contributed by atoms with Crippen molar-refractivity contribution in [3.05, 3.63) is 45.6 Å². The molecule has 1 heterocycles. The summed E-state index contributed by atoms with van der Waals surface area (Å²) in [6, 6.07) is 5.85. The number of ketones is 1. The minimum Gasteiger partial charge on any atom is -0.434 e. The standard InChI is InChI=1S/C15H14FNO2S/c1-15(2)7-11(18)13-12(8-15)19-14(20-13)17-10-5-3-9(16)4-6-10/h3-6H,7-8H2,1-2H3. The van der Waals surface area contributed by atoms with Crippen LogP contribution in [0.1, 0.15) is 35.7 Å². The molecular formula is C15H14FNO2S. The summed E-state index contributed by atoms with van der Waals surface area (Å²) in [5, 5.41) is 0.